The largest absolute Gasteiger partial charge is 0.455 e. The Labute approximate surface area is 187 Å². The third kappa shape index (κ3) is 4.07. The van der Waals surface area contributed by atoms with E-state index in [0.717, 1.165) is 4.47 Å². The second-order valence-electron chi connectivity index (χ2n) is 8.07. The maximum atomic E-state index is 13.2. The fraction of sp³-hybridized carbons (Fsp3) is 0.167. The van der Waals surface area contributed by atoms with Crippen molar-refractivity contribution in [2.45, 2.75) is 26.2 Å². The molecule has 2 heterocycles. The number of rotatable bonds is 3. The van der Waals surface area contributed by atoms with E-state index in [4.69, 9.17) is 9.40 Å². The molecule has 0 aliphatic rings. The Morgan fingerprint density at radius 1 is 1.16 bits per heavy atom. The number of fused-ring (bicyclic) bond motifs is 1. The number of nitrogens with zero attached hydrogens (tertiary/aromatic N) is 4. The molecule has 0 saturated heterocycles. The highest BCUT2D eigenvalue weighted by atomic mass is 79.9. The molecular weight excluding hydrogens is 456 g/mol. The molecule has 7 heteroatoms. The number of halogens is 1. The first kappa shape index (κ1) is 20.8. The molecule has 2 aromatic carbocycles. The van der Waals surface area contributed by atoms with Crippen molar-refractivity contribution in [1.82, 2.24) is 9.66 Å². The van der Waals surface area contributed by atoms with Crippen LogP contribution in [-0.4, -0.2) is 15.9 Å². The minimum atomic E-state index is -0.405. The smallest absolute Gasteiger partial charge is 0.282 e. The van der Waals surface area contributed by atoms with E-state index >= 15 is 0 Å². The molecule has 2 aromatic heterocycles. The van der Waals surface area contributed by atoms with E-state index in [2.05, 4.69) is 27.1 Å². The van der Waals surface area contributed by atoms with Gasteiger partial charge in [0.2, 0.25) is 0 Å². The van der Waals surface area contributed by atoms with Crippen molar-refractivity contribution in [3.63, 3.8) is 0 Å². The minimum Gasteiger partial charge on any atom is -0.455 e. The molecule has 154 valence electrons. The lowest BCUT2D eigenvalue weighted by atomic mass is 9.95. The van der Waals surface area contributed by atoms with Gasteiger partial charge in [-0.3, -0.25) is 4.79 Å². The highest BCUT2D eigenvalue weighted by Gasteiger charge is 2.23. The zero-order valence-corrected chi connectivity index (χ0v) is 18.8. The Morgan fingerprint density at radius 3 is 2.68 bits per heavy atom. The van der Waals surface area contributed by atoms with Crippen LogP contribution in [0.3, 0.4) is 0 Å². The predicted molar refractivity (Wildman–Crippen MR) is 124 cm³/mol. The number of aromatic nitrogens is 2. The molecular formula is C24H19BrN4O2. The lowest BCUT2D eigenvalue weighted by Crippen LogP contribution is -2.29. The third-order valence-electron chi connectivity index (χ3n) is 4.72. The van der Waals surface area contributed by atoms with Gasteiger partial charge in [0, 0.05) is 15.5 Å². The summed E-state index contributed by atoms with van der Waals surface area (Å²) < 4.78 is 7.98. The van der Waals surface area contributed by atoms with Gasteiger partial charge >= 0.3 is 0 Å². The third-order valence-corrected chi connectivity index (χ3v) is 5.21. The molecule has 0 fully saturated rings. The van der Waals surface area contributed by atoms with Gasteiger partial charge in [-0.2, -0.15) is 15.0 Å². The summed E-state index contributed by atoms with van der Waals surface area (Å²) >= 11 is 3.41. The van der Waals surface area contributed by atoms with E-state index in [9.17, 15) is 10.1 Å². The normalized spacial score (nSPS) is 11.8. The summed E-state index contributed by atoms with van der Waals surface area (Å²) in [6, 6.07) is 18.3. The van der Waals surface area contributed by atoms with Crippen LogP contribution in [0.1, 0.15) is 37.9 Å². The van der Waals surface area contributed by atoms with E-state index in [1.165, 1.54) is 10.9 Å². The first-order valence-corrected chi connectivity index (χ1v) is 10.4. The summed E-state index contributed by atoms with van der Waals surface area (Å²) in [5.41, 5.74) is 1.19. The zero-order valence-electron chi connectivity index (χ0n) is 17.3. The highest BCUT2D eigenvalue weighted by molar-refractivity contribution is 9.10. The van der Waals surface area contributed by atoms with Crippen LogP contribution in [-0.2, 0) is 5.41 Å². The zero-order chi connectivity index (χ0) is 22.2. The van der Waals surface area contributed by atoms with Gasteiger partial charge in [-0.15, -0.1) is 0 Å². The minimum absolute atomic E-state index is 0.255. The van der Waals surface area contributed by atoms with Gasteiger partial charge in [0.25, 0.3) is 5.56 Å². The predicted octanol–water partition coefficient (Wildman–Crippen LogP) is 5.47. The Morgan fingerprint density at radius 2 is 1.94 bits per heavy atom. The Balaban J connectivity index is 1.80. The van der Waals surface area contributed by atoms with Gasteiger partial charge in [0.05, 0.1) is 28.8 Å². The molecule has 0 saturated carbocycles. The monoisotopic (exact) mass is 474 g/mol. The second-order valence-corrected chi connectivity index (χ2v) is 8.98. The Kier molecular flexibility index (Phi) is 5.34. The summed E-state index contributed by atoms with van der Waals surface area (Å²) in [6.45, 7) is 5.94. The molecule has 0 aliphatic carbocycles. The number of benzene rings is 2. The first-order valence-electron chi connectivity index (χ1n) is 9.64. The molecule has 0 unspecified atom stereocenters. The topological polar surface area (TPSA) is 84.2 Å². The summed E-state index contributed by atoms with van der Waals surface area (Å²) in [5, 5.41) is 14.2. The lowest BCUT2D eigenvalue weighted by Gasteiger charge is -2.20. The molecule has 0 bridgehead atoms. The van der Waals surface area contributed by atoms with Crippen molar-refractivity contribution in [3.8, 4) is 17.4 Å². The molecule has 0 radical (unpaired) electrons. The molecule has 4 rings (SSSR count). The van der Waals surface area contributed by atoms with Crippen LogP contribution >= 0.6 is 15.9 Å². The van der Waals surface area contributed by atoms with Gasteiger partial charge in [-0.1, -0.05) is 48.8 Å². The van der Waals surface area contributed by atoms with Crippen LogP contribution < -0.4 is 5.56 Å². The molecule has 0 N–H and O–H groups in total. The molecule has 31 heavy (non-hydrogen) atoms. The van der Waals surface area contributed by atoms with Crippen molar-refractivity contribution < 1.29 is 4.42 Å². The van der Waals surface area contributed by atoms with Gasteiger partial charge in [0.1, 0.15) is 17.3 Å². The van der Waals surface area contributed by atoms with Crippen molar-refractivity contribution in [2.24, 2.45) is 5.10 Å². The molecule has 0 aliphatic heterocycles. The standard InChI is InChI=1S/C24H19BrN4O2/c1-24(2,3)23-28-20-10-8-16(25)12-19(20)22(30)29(23)27-14-17-9-11-21(31-17)18-7-5-4-6-15(18)13-26/h4-12,14H,1-3H3. The van der Waals surface area contributed by atoms with Crippen molar-refractivity contribution in [3.05, 3.63) is 86.6 Å². The van der Waals surface area contributed by atoms with Gasteiger partial charge in [-0.05, 0) is 42.5 Å². The van der Waals surface area contributed by atoms with Crippen LogP contribution in [0, 0.1) is 11.3 Å². The SMILES string of the molecule is CC(C)(C)c1nc2ccc(Br)cc2c(=O)n1N=Cc1ccc(-c2ccccc2C#N)o1. The molecule has 0 amide bonds. The highest BCUT2D eigenvalue weighted by Crippen LogP contribution is 2.26. The molecule has 0 spiro atoms. The van der Waals surface area contributed by atoms with Crippen LogP contribution in [0.5, 0.6) is 0 Å². The van der Waals surface area contributed by atoms with Crippen molar-refractivity contribution in [1.29, 1.82) is 5.26 Å². The maximum Gasteiger partial charge on any atom is 0.282 e. The number of hydrogen-bond acceptors (Lipinski definition) is 5. The fourth-order valence-corrected chi connectivity index (χ4v) is 3.58. The number of furan rings is 1. The lowest BCUT2D eigenvalue weighted by molar-refractivity contribution is 0.505. The van der Waals surface area contributed by atoms with Crippen molar-refractivity contribution in [2.75, 3.05) is 0 Å². The number of nitriles is 1. The van der Waals surface area contributed by atoms with E-state index in [0.29, 0.717) is 39.4 Å². The van der Waals surface area contributed by atoms with Crippen LogP contribution in [0.25, 0.3) is 22.2 Å². The summed E-state index contributed by atoms with van der Waals surface area (Å²) in [5.74, 6) is 1.57. The second kappa shape index (κ2) is 7.97. The summed E-state index contributed by atoms with van der Waals surface area (Å²) in [7, 11) is 0. The number of hydrogen-bond donors (Lipinski definition) is 0. The Hall–Kier alpha value is -3.50. The summed E-state index contributed by atoms with van der Waals surface area (Å²) in [6.07, 6.45) is 1.49. The van der Waals surface area contributed by atoms with Crippen LogP contribution in [0.2, 0.25) is 0 Å². The Bertz CT molecular complexity index is 1420. The van der Waals surface area contributed by atoms with Gasteiger partial charge in [-0.25, -0.2) is 4.98 Å². The maximum absolute atomic E-state index is 13.2. The molecule has 4 aromatic rings. The fourth-order valence-electron chi connectivity index (χ4n) is 3.22. The van der Waals surface area contributed by atoms with E-state index in [1.807, 2.05) is 45.0 Å². The average molecular weight is 475 g/mol. The summed E-state index contributed by atoms with van der Waals surface area (Å²) in [4.78, 5) is 17.9. The average Bonchev–Trinajstić information content (AvgIpc) is 3.21. The van der Waals surface area contributed by atoms with E-state index in [-0.39, 0.29) is 5.56 Å². The van der Waals surface area contributed by atoms with Gasteiger partial charge in [0.15, 0.2) is 0 Å². The van der Waals surface area contributed by atoms with Crippen molar-refractivity contribution >= 4 is 33.0 Å². The van der Waals surface area contributed by atoms with Gasteiger partial charge < -0.3 is 4.42 Å². The van der Waals surface area contributed by atoms with E-state index < -0.39 is 5.41 Å². The quantitative estimate of drug-likeness (QED) is 0.368. The van der Waals surface area contributed by atoms with E-state index in [1.54, 1.807) is 30.3 Å². The van der Waals surface area contributed by atoms with Crippen LogP contribution in [0.15, 0.2) is 73.4 Å². The molecule has 6 nitrogen and oxygen atoms in total. The van der Waals surface area contributed by atoms with Crippen LogP contribution in [0.4, 0.5) is 0 Å². The first-order chi connectivity index (χ1) is 14.8. The molecule has 0 atom stereocenters.